The summed E-state index contributed by atoms with van der Waals surface area (Å²) in [6.07, 6.45) is 1.15. The monoisotopic (exact) mass is 208 g/mol. The quantitative estimate of drug-likeness (QED) is 0.435. The van der Waals surface area contributed by atoms with Gasteiger partial charge < -0.3 is 5.32 Å². The number of hydrogen-bond donors (Lipinski definition) is 2. The Balaban J connectivity index is 2.01. The smallest absolute Gasteiger partial charge is 0.322 e. The molecule has 6 heteroatoms. The van der Waals surface area contributed by atoms with Gasteiger partial charge in [-0.25, -0.2) is 4.79 Å². The van der Waals surface area contributed by atoms with Crippen LogP contribution in [0.2, 0.25) is 0 Å². The van der Waals surface area contributed by atoms with Crippen LogP contribution in [-0.4, -0.2) is 42.0 Å². The Morgan fingerprint density at radius 2 is 2.07 bits per heavy atom. The first-order valence-corrected chi connectivity index (χ1v) is 4.89. The first-order chi connectivity index (χ1) is 7.16. The van der Waals surface area contributed by atoms with Gasteiger partial charge in [-0.15, -0.1) is 0 Å². The van der Waals surface area contributed by atoms with Crippen molar-refractivity contribution in [1.29, 1.82) is 5.26 Å². The number of carbonyl (C=O) groups is 2. The van der Waals surface area contributed by atoms with Crippen molar-refractivity contribution in [2.24, 2.45) is 0 Å². The van der Waals surface area contributed by atoms with Crippen molar-refractivity contribution in [3.63, 3.8) is 0 Å². The maximum atomic E-state index is 11.5. The van der Waals surface area contributed by atoms with E-state index in [1.165, 1.54) is 0 Å². The van der Waals surface area contributed by atoms with Crippen molar-refractivity contribution in [2.45, 2.75) is 18.4 Å². The number of imide groups is 1. The van der Waals surface area contributed by atoms with Crippen molar-refractivity contribution in [2.75, 3.05) is 19.6 Å². The summed E-state index contributed by atoms with van der Waals surface area (Å²) in [6, 6.07) is 1.67. The predicted molar refractivity (Wildman–Crippen MR) is 50.7 cm³/mol. The maximum absolute atomic E-state index is 11.5. The van der Waals surface area contributed by atoms with Gasteiger partial charge in [-0.1, -0.05) is 0 Å². The van der Waals surface area contributed by atoms with E-state index in [4.69, 9.17) is 5.26 Å². The fourth-order valence-electron chi connectivity index (χ4n) is 2.07. The Morgan fingerprint density at radius 3 is 2.53 bits per heavy atom. The van der Waals surface area contributed by atoms with Gasteiger partial charge in [-0.2, -0.15) is 5.26 Å². The van der Waals surface area contributed by atoms with Crippen LogP contribution >= 0.6 is 0 Å². The average Bonchev–Trinajstić information content (AvgIpc) is 2.47. The average molecular weight is 208 g/mol. The number of nitriles is 1. The molecular formula is C9H12N4O2. The minimum atomic E-state index is -0.719. The molecule has 0 aromatic rings. The van der Waals surface area contributed by atoms with E-state index in [0.29, 0.717) is 32.5 Å². The third-order valence-corrected chi connectivity index (χ3v) is 3.02. The number of nitrogens with one attached hydrogen (secondary N) is 2. The lowest BCUT2D eigenvalue weighted by atomic mass is 9.88. The van der Waals surface area contributed by atoms with Crippen LogP contribution in [0.5, 0.6) is 0 Å². The number of hydrogen-bond acceptors (Lipinski definition) is 4. The van der Waals surface area contributed by atoms with Crippen LogP contribution in [0.3, 0.4) is 0 Å². The van der Waals surface area contributed by atoms with E-state index in [2.05, 4.69) is 16.7 Å². The minimum Gasteiger partial charge on any atom is -0.323 e. The summed E-state index contributed by atoms with van der Waals surface area (Å²) >= 11 is 0. The molecule has 2 N–H and O–H groups in total. The zero-order chi connectivity index (χ0) is 10.9. The number of carbonyl (C=O) groups excluding carboxylic acids is 2. The van der Waals surface area contributed by atoms with E-state index in [-0.39, 0.29) is 5.91 Å². The molecule has 2 fully saturated rings. The molecule has 2 aliphatic rings. The maximum Gasteiger partial charge on any atom is 0.322 e. The fraction of sp³-hybridized carbons (Fsp3) is 0.667. The second-order valence-corrected chi connectivity index (χ2v) is 3.92. The number of nitrogens with zero attached hydrogens (tertiary/aromatic N) is 2. The van der Waals surface area contributed by atoms with E-state index in [1.807, 2.05) is 4.90 Å². The van der Waals surface area contributed by atoms with Crippen molar-refractivity contribution >= 4 is 11.9 Å². The van der Waals surface area contributed by atoms with Crippen molar-refractivity contribution < 1.29 is 9.59 Å². The zero-order valence-corrected chi connectivity index (χ0v) is 8.25. The van der Waals surface area contributed by atoms with Gasteiger partial charge in [0.2, 0.25) is 0 Å². The normalized spacial score (nSPS) is 24.7. The molecular weight excluding hydrogens is 196 g/mol. The lowest BCUT2D eigenvalue weighted by Crippen LogP contribution is -2.54. The largest absolute Gasteiger partial charge is 0.323 e. The first kappa shape index (κ1) is 9.93. The van der Waals surface area contributed by atoms with Crippen LogP contribution in [0.4, 0.5) is 4.79 Å². The minimum absolute atomic E-state index is 0.232. The molecule has 0 radical (unpaired) electrons. The summed E-state index contributed by atoms with van der Waals surface area (Å²) in [5, 5.41) is 13.5. The molecule has 6 nitrogen and oxygen atoms in total. The van der Waals surface area contributed by atoms with E-state index in [1.54, 1.807) is 0 Å². The molecule has 0 unspecified atom stereocenters. The van der Waals surface area contributed by atoms with Gasteiger partial charge in [0.05, 0.1) is 12.6 Å². The van der Waals surface area contributed by atoms with Gasteiger partial charge in [0.25, 0.3) is 5.91 Å². The predicted octanol–water partition coefficient (Wildman–Crippen LogP) is -0.816. The molecule has 0 aromatic carbocycles. The Hall–Kier alpha value is -1.61. The molecule has 15 heavy (non-hydrogen) atoms. The first-order valence-electron chi connectivity index (χ1n) is 4.89. The van der Waals surface area contributed by atoms with E-state index >= 15 is 0 Å². The van der Waals surface area contributed by atoms with Crippen LogP contribution in [0, 0.1) is 11.3 Å². The van der Waals surface area contributed by atoms with Crippen LogP contribution in [0.25, 0.3) is 0 Å². The molecule has 0 saturated carbocycles. The second-order valence-electron chi connectivity index (χ2n) is 3.92. The Morgan fingerprint density at radius 1 is 1.40 bits per heavy atom. The van der Waals surface area contributed by atoms with Crippen LogP contribution in [0.1, 0.15) is 12.8 Å². The van der Waals surface area contributed by atoms with Crippen LogP contribution in [-0.2, 0) is 4.79 Å². The van der Waals surface area contributed by atoms with Gasteiger partial charge in [-0.05, 0) is 12.8 Å². The van der Waals surface area contributed by atoms with E-state index in [9.17, 15) is 9.59 Å². The third kappa shape index (κ3) is 1.66. The van der Waals surface area contributed by atoms with E-state index < -0.39 is 11.6 Å². The van der Waals surface area contributed by atoms with Crippen molar-refractivity contribution in [3.8, 4) is 6.07 Å². The molecule has 0 aliphatic carbocycles. The second kappa shape index (κ2) is 3.51. The zero-order valence-electron chi connectivity index (χ0n) is 8.25. The topological polar surface area (TPSA) is 85.2 Å². The summed E-state index contributed by atoms with van der Waals surface area (Å²) < 4.78 is 0. The molecule has 2 aliphatic heterocycles. The lowest BCUT2D eigenvalue weighted by molar-refractivity contribution is -0.125. The third-order valence-electron chi connectivity index (χ3n) is 3.02. The summed E-state index contributed by atoms with van der Waals surface area (Å²) in [7, 11) is 0. The van der Waals surface area contributed by atoms with Crippen LogP contribution < -0.4 is 10.6 Å². The fourth-order valence-corrected chi connectivity index (χ4v) is 2.07. The summed E-state index contributed by atoms with van der Waals surface area (Å²) in [5.41, 5.74) is -0.719. The summed E-state index contributed by atoms with van der Waals surface area (Å²) in [5.74, 6) is -0.232. The molecule has 2 rings (SSSR count). The number of amides is 3. The molecule has 0 bridgehead atoms. The van der Waals surface area contributed by atoms with E-state index in [0.717, 1.165) is 0 Å². The molecule has 0 aromatic heterocycles. The summed E-state index contributed by atoms with van der Waals surface area (Å²) in [4.78, 5) is 24.5. The van der Waals surface area contributed by atoms with Crippen LogP contribution in [0.15, 0.2) is 0 Å². The standard InChI is InChI=1S/C9H12N4O2/c10-3-6-13-4-1-9(2-5-13)7(14)11-8(15)12-9/h1-2,4-6H2,(H2,11,12,14,15). The number of likely N-dealkylation sites (tertiary alicyclic amines) is 1. The van der Waals surface area contributed by atoms with Gasteiger partial charge >= 0.3 is 6.03 Å². The molecule has 2 saturated heterocycles. The molecule has 2 heterocycles. The lowest BCUT2D eigenvalue weighted by Gasteiger charge is -2.35. The summed E-state index contributed by atoms with van der Waals surface area (Å²) in [6.45, 7) is 1.72. The van der Waals surface area contributed by atoms with Gasteiger partial charge in [0, 0.05) is 13.1 Å². The molecule has 80 valence electrons. The van der Waals surface area contributed by atoms with Gasteiger partial charge in [0.1, 0.15) is 5.54 Å². The van der Waals surface area contributed by atoms with Crippen molar-refractivity contribution in [3.05, 3.63) is 0 Å². The number of piperidine rings is 1. The van der Waals surface area contributed by atoms with Crippen molar-refractivity contribution in [1.82, 2.24) is 15.5 Å². The Labute approximate surface area is 87.2 Å². The highest BCUT2D eigenvalue weighted by Crippen LogP contribution is 2.24. The molecule has 1 spiro atoms. The molecule has 3 amide bonds. The highest BCUT2D eigenvalue weighted by Gasteiger charge is 2.47. The Bertz CT molecular complexity index is 339. The highest BCUT2D eigenvalue weighted by molar-refractivity contribution is 6.07. The van der Waals surface area contributed by atoms with Gasteiger partial charge in [-0.3, -0.25) is 15.0 Å². The number of rotatable bonds is 1. The Kier molecular flexibility index (Phi) is 2.32. The van der Waals surface area contributed by atoms with Gasteiger partial charge in [0.15, 0.2) is 0 Å². The highest BCUT2D eigenvalue weighted by atomic mass is 16.2. The molecule has 0 atom stereocenters. The number of urea groups is 1. The SMILES string of the molecule is N#CCN1CCC2(CC1)NC(=O)NC2=O.